The van der Waals surface area contributed by atoms with Crippen LogP contribution in [0.5, 0.6) is 0 Å². The minimum atomic E-state index is -0.545. The fraction of sp³-hybridized carbons (Fsp3) is 0.500. The monoisotopic (exact) mass is 299 g/mol. The van der Waals surface area contributed by atoms with Crippen LogP contribution in [0, 0.1) is 0 Å². The molecular weight excluding hydrogens is 282 g/mol. The van der Waals surface area contributed by atoms with Crippen LogP contribution >= 0.6 is 11.6 Å². The lowest BCUT2D eigenvalue weighted by atomic mass is 10.0. The van der Waals surface area contributed by atoms with Crippen LogP contribution in [0.15, 0.2) is 24.3 Å². The van der Waals surface area contributed by atoms with Gasteiger partial charge in [-0.05, 0) is 18.2 Å². The number of halogens is 1. The summed E-state index contributed by atoms with van der Waals surface area (Å²) >= 11 is 5.86. The van der Waals surface area contributed by atoms with Gasteiger partial charge in [-0.3, -0.25) is 4.79 Å². The van der Waals surface area contributed by atoms with Crippen LogP contribution in [0.25, 0.3) is 0 Å². The zero-order chi connectivity index (χ0) is 14.4. The molecule has 0 saturated carbocycles. The van der Waals surface area contributed by atoms with E-state index in [0.717, 1.165) is 0 Å². The van der Waals surface area contributed by atoms with Crippen LogP contribution in [-0.4, -0.2) is 49.6 Å². The summed E-state index contributed by atoms with van der Waals surface area (Å²) in [5.41, 5.74) is -0.0366. The molecule has 1 amide bonds. The number of hydrogen-bond donors (Lipinski definition) is 2. The van der Waals surface area contributed by atoms with Crippen LogP contribution in [0.4, 0.5) is 0 Å². The molecule has 5 nitrogen and oxygen atoms in total. The van der Waals surface area contributed by atoms with Crippen molar-refractivity contribution in [3.8, 4) is 0 Å². The number of carbonyl (C=O) groups is 1. The van der Waals surface area contributed by atoms with Gasteiger partial charge >= 0.3 is 0 Å². The zero-order valence-electron chi connectivity index (χ0n) is 11.1. The molecule has 1 unspecified atom stereocenters. The maximum absolute atomic E-state index is 12.1. The first-order chi connectivity index (χ1) is 9.65. The highest BCUT2D eigenvalue weighted by Crippen LogP contribution is 2.22. The molecule has 1 aromatic carbocycles. The van der Waals surface area contributed by atoms with Gasteiger partial charge in [0.05, 0.1) is 19.8 Å². The molecule has 1 atom stereocenters. The van der Waals surface area contributed by atoms with Gasteiger partial charge in [0.15, 0.2) is 0 Å². The molecule has 6 heteroatoms. The summed E-state index contributed by atoms with van der Waals surface area (Å²) < 4.78 is 11.0. The molecule has 1 aliphatic heterocycles. The number of carbonyl (C=O) groups excluding carboxylic acids is 1. The van der Waals surface area contributed by atoms with E-state index < -0.39 is 5.60 Å². The number of rotatable bonds is 6. The van der Waals surface area contributed by atoms with Crippen molar-refractivity contribution >= 4 is 17.5 Å². The van der Waals surface area contributed by atoms with Crippen LogP contribution in [0.1, 0.15) is 16.8 Å². The summed E-state index contributed by atoms with van der Waals surface area (Å²) in [6, 6.07) is 6.76. The zero-order valence-corrected chi connectivity index (χ0v) is 11.9. The summed E-state index contributed by atoms with van der Waals surface area (Å²) in [6.07, 6.45) is 0.697. The summed E-state index contributed by atoms with van der Waals surface area (Å²) in [5, 5.41) is 12.2. The Kier molecular flexibility index (Phi) is 5.37. The van der Waals surface area contributed by atoms with Crippen LogP contribution in [0.3, 0.4) is 0 Å². The van der Waals surface area contributed by atoms with Crippen LogP contribution < -0.4 is 5.32 Å². The van der Waals surface area contributed by atoms with Crippen molar-refractivity contribution in [2.45, 2.75) is 12.0 Å². The lowest BCUT2D eigenvalue weighted by molar-refractivity contribution is -0.0582. The number of hydrogen-bond acceptors (Lipinski definition) is 4. The minimum Gasteiger partial charge on any atom is -0.394 e. The van der Waals surface area contributed by atoms with Crippen molar-refractivity contribution in [1.82, 2.24) is 5.32 Å². The second kappa shape index (κ2) is 7.04. The molecule has 1 aliphatic rings. The first-order valence-corrected chi connectivity index (χ1v) is 6.89. The molecule has 1 heterocycles. The van der Waals surface area contributed by atoms with Crippen LogP contribution in [0.2, 0.25) is 5.02 Å². The highest BCUT2D eigenvalue weighted by atomic mass is 35.5. The molecule has 1 aromatic rings. The predicted molar refractivity (Wildman–Crippen MR) is 75.0 cm³/mol. The van der Waals surface area contributed by atoms with Gasteiger partial charge in [-0.2, -0.15) is 0 Å². The van der Waals surface area contributed by atoms with Crippen molar-refractivity contribution in [2.75, 3.05) is 33.0 Å². The normalized spacial score (nSPS) is 21.9. The fourth-order valence-corrected chi connectivity index (χ4v) is 2.32. The van der Waals surface area contributed by atoms with Crippen molar-refractivity contribution in [1.29, 1.82) is 0 Å². The summed E-state index contributed by atoms with van der Waals surface area (Å²) in [6.45, 7) is 1.54. The van der Waals surface area contributed by atoms with Gasteiger partial charge in [0.2, 0.25) is 0 Å². The molecule has 2 rings (SSSR count). The average Bonchev–Trinajstić information content (AvgIpc) is 2.92. The Labute approximate surface area is 122 Å². The van der Waals surface area contributed by atoms with Crippen molar-refractivity contribution in [3.05, 3.63) is 34.9 Å². The Balaban J connectivity index is 1.94. The van der Waals surface area contributed by atoms with E-state index in [-0.39, 0.29) is 19.1 Å². The Morgan fingerprint density at radius 3 is 3.05 bits per heavy atom. The largest absolute Gasteiger partial charge is 0.394 e. The number of aliphatic hydroxyl groups is 1. The van der Waals surface area contributed by atoms with E-state index in [1.54, 1.807) is 24.3 Å². The molecule has 1 fully saturated rings. The Morgan fingerprint density at radius 2 is 2.40 bits per heavy atom. The van der Waals surface area contributed by atoms with E-state index in [4.69, 9.17) is 26.2 Å². The van der Waals surface area contributed by atoms with Crippen molar-refractivity contribution in [2.24, 2.45) is 0 Å². The van der Waals surface area contributed by atoms with Gasteiger partial charge in [-0.15, -0.1) is 0 Å². The molecule has 110 valence electrons. The van der Waals surface area contributed by atoms with E-state index >= 15 is 0 Å². The molecule has 0 aliphatic carbocycles. The van der Waals surface area contributed by atoms with Crippen molar-refractivity contribution < 1.29 is 19.4 Å². The van der Waals surface area contributed by atoms with Gasteiger partial charge < -0.3 is 19.9 Å². The maximum atomic E-state index is 12.1. The SMILES string of the molecule is O=C(NCC1(OCCO)CCOC1)c1cccc(Cl)c1. The van der Waals surface area contributed by atoms with Gasteiger partial charge in [0.1, 0.15) is 5.60 Å². The number of aliphatic hydroxyl groups excluding tert-OH is 1. The molecule has 0 spiro atoms. The molecule has 0 radical (unpaired) electrons. The third-order valence-electron chi connectivity index (χ3n) is 3.22. The molecule has 20 heavy (non-hydrogen) atoms. The number of ether oxygens (including phenoxy) is 2. The number of nitrogens with one attached hydrogen (secondary N) is 1. The van der Waals surface area contributed by atoms with E-state index in [2.05, 4.69) is 5.32 Å². The lowest BCUT2D eigenvalue weighted by Crippen LogP contribution is -2.46. The van der Waals surface area contributed by atoms with E-state index in [0.29, 0.717) is 36.8 Å². The Bertz CT molecular complexity index is 460. The first-order valence-electron chi connectivity index (χ1n) is 6.52. The van der Waals surface area contributed by atoms with Crippen LogP contribution in [-0.2, 0) is 9.47 Å². The second-order valence-corrected chi connectivity index (χ2v) is 5.19. The Morgan fingerprint density at radius 1 is 1.55 bits per heavy atom. The fourth-order valence-electron chi connectivity index (χ4n) is 2.13. The number of amides is 1. The van der Waals surface area contributed by atoms with Gasteiger partial charge in [0, 0.05) is 30.2 Å². The number of benzene rings is 1. The minimum absolute atomic E-state index is 0.0516. The summed E-state index contributed by atoms with van der Waals surface area (Å²) in [5.74, 6) is -0.202. The predicted octanol–water partition coefficient (Wildman–Crippen LogP) is 1.24. The van der Waals surface area contributed by atoms with Gasteiger partial charge in [-0.1, -0.05) is 17.7 Å². The second-order valence-electron chi connectivity index (χ2n) is 4.75. The molecule has 1 saturated heterocycles. The van der Waals surface area contributed by atoms with E-state index in [9.17, 15) is 4.79 Å². The molecule has 2 N–H and O–H groups in total. The molecule has 0 aromatic heterocycles. The standard InChI is InChI=1S/C14H18ClNO4/c15-12-3-1-2-11(8-12)13(18)16-9-14(20-7-5-17)4-6-19-10-14/h1-3,8,17H,4-7,9-10H2,(H,16,18). The molecular formula is C14H18ClNO4. The van der Waals surface area contributed by atoms with E-state index in [1.807, 2.05) is 0 Å². The summed E-state index contributed by atoms with van der Waals surface area (Å²) in [7, 11) is 0. The van der Waals surface area contributed by atoms with Gasteiger partial charge in [-0.25, -0.2) is 0 Å². The van der Waals surface area contributed by atoms with Gasteiger partial charge in [0.25, 0.3) is 5.91 Å². The van der Waals surface area contributed by atoms with E-state index in [1.165, 1.54) is 0 Å². The lowest BCUT2D eigenvalue weighted by Gasteiger charge is -2.27. The third-order valence-corrected chi connectivity index (χ3v) is 3.46. The first kappa shape index (κ1) is 15.3. The topological polar surface area (TPSA) is 67.8 Å². The Hall–Kier alpha value is -1.14. The molecule has 0 bridgehead atoms. The quantitative estimate of drug-likeness (QED) is 0.829. The van der Waals surface area contributed by atoms with Crippen molar-refractivity contribution in [3.63, 3.8) is 0 Å². The average molecular weight is 300 g/mol. The highest BCUT2D eigenvalue weighted by molar-refractivity contribution is 6.30. The third kappa shape index (κ3) is 3.93. The maximum Gasteiger partial charge on any atom is 0.251 e. The smallest absolute Gasteiger partial charge is 0.251 e. The summed E-state index contributed by atoms with van der Waals surface area (Å²) in [4.78, 5) is 12.1. The highest BCUT2D eigenvalue weighted by Gasteiger charge is 2.36.